The third-order valence-electron chi connectivity index (χ3n) is 7.64. The van der Waals surface area contributed by atoms with Crippen LogP contribution in [0.15, 0.2) is 60.8 Å². The van der Waals surface area contributed by atoms with Crippen molar-refractivity contribution >= 4 is 63.5 Å². The monoisotopic (exact) mass is 609 g/mol. The van der Waals surface area contributed by atoms with Gasteiger partial charge in [0.15, 0.2) is 0 Å². The van der Waals surface area contributed by atoms with Crippen molar-refractivity contribution in [3.63, 3.8) is 0 Å². The lowest BCUT2D eigenvalue weighted by Crippen LogP contribution is -2.36. The number of nitrogens with zero attached hydrogens (tertiary/aromatic N) is 4. The first-order valence-corrected chi connectivity index (χ1v) is 14.8. The van der Waals surface area contributed by atoms with E-state index in [-0.39, 0.29) is 6.03 Å². The minimum Gasteiger partial charge on any atom is -0.378 e. The van der Waals surface area contributed by atoms with E-state index in [0.717, 1.165) is 72.6 Å². The van der Waals surface area contributed by atoms with Crippen LogP contribution in [0.5, 0.6) is 0 Å². The number of nitrogens with one attached hydrogen (secondary N) is 1. The van der Waals surface area contributed by atoms with Gasteiger partial charge in [0.25, 0.3) is 0 Å². The predicted molar refractivity (Wildman–Crippen MR) is 166 cm³/mol. The summed E-state index contributed by atoms with van der Waals surface area (Å²) >= 11 is 18.3. The number of carbonyl (C=O) groups is 1. The van der Waals surface area contributed by atoms with Crippen LogP contribution in [0, 0.1) is 0 Å². The fraction of sp³-hybridized carbons (Fsp3) is 0.290. The second-order valence-corrected chi connectivity index (χ2v) is 11.5. The molecule has 2 aromatic carbocycles. The second-order valence-electron chi connectivity index (χ2n) is 10.3. The maximum Gasteiger partial charge on any atom is 0.326 e. The zero-order chi connectivity index (χ0) is 28.3. The SMILES string of the molecule is O=C(NCc1ccnc(Cl)c1)n1c2c(c3ccc(N4CCOCC4)cc31)CN(C/C=C/c1ccc(Cl)c(Cl)c1)CC2. The van der Waals surface area contributed by atoms with E-state index < -0.39 is 0 Å². The Labute approximate surface area is 254 Å². The molecule has 1 N–H and O–H groups in total. The van der Waals surface area contributed by atoms with Crippen molar-refractivity contribution in [2.45, 2.75) is 19.5 Å². The van der Waals surface area contributed by atoms with Crippen molar-refractivity contribution in [2.75, 3.05) is 44.3 Å². The Kier molecular flexibility index (Phi) is 8.51. The van der Waals surface area contributed by atoms with Crippen LogP contribution < -0.4 is 10.2 Å². The van der Waals surface area contributed by atoms with Gasteiger partial charge in [-0.3, -0.25) is 9.47 Å². The summed E-state index contributed by atoms with van der Waals surface area (Å²) in [6.07, 6.45) is 6.63. The molecular formula is C31H30Cl3N5O2. The molecule has 4 aromatic rings. The van der Waals surface area contributed by atoms with Gasteiger partial charge in [-0.2, -0.15) is 0 Å². The molecule has 2 aliphatic rings. The Morgan fingerprint density at radius 3 is 2.66 bits per heavy atom. The van der Waals surface area contributed by atoms with Gasteiger partial charge < -0.3 is 15.0 Å². The van der Waals surface area contributed by atoms with Gasteiger partial charge >= 0.3 is 6.03 Å². The lowest BCUT2D eigenvalue weighted by molar-refractivity contribution is 0.122. The number of hydrogen-bond donors (Lipinski definition) is 1. The van der Waals surface area contributed by atoms with E-state index in [2.05, 4.69) is 50.5 Å². The summed E-state index contributed by atoms with van der Waals surface area (Å²) in [4.78, 5) is 22.5. The number of anilines is 1. The average Bonchev–Trinajstić information content (AvgIpc) is 3.31. The van der Waals surface area contributed by atoms with Gasteiger partial charge in [-0.15, -0.1) is 0 Å². The Morgan fingerprint density at radius 1 is 1.00 bits per heavy atom. The Morgan fingerprint density at radius 2 is 1.85 bits per heavy atom. The number of morpholine rings is 1. The fourth-order valence-corrected chi connectivity index (χ4v) is 6.07. The third kappa shape index (κ3) is 6.25. The Bertz CT molecular complexity index is 1610. The van der Waals surface area contributed by atoms with E-state index in [1.54, 1.807) is 12.3 Å². The molecule has 2 aliphatic heterocycles. The van der Waals surface area contributed by atoms with Crippen molar-refractivity contribution in [3.8, 4) is 0 Å². The summed E-state index contributed by atoms with van der Waals surface area (Å²) in [5, 5.41) is 5.71. The molecule has 1 amide bonds. The Hall–Kier alpha value is -3.07. The molecular weight excluding hydrogens is 581 g/mol. The second kappa shape index (κ2) is 12.4. The zero-order valence-electron chi connectivity index (χ0n) is 22.5. The summed E-state index contributed by atoms with van der Waals surface area (Å²) in [5.41, 5.74) is 6.21. The van der Waals surface area contributed by atoms with Crippen LogP contribution in [-0.2, 0) is 24.2 Å². The molecule has 1 saturated heterocycles. The summed E-state index contributed by atoms with van der Waals surface area (Å²) < 4.78 is 7.43. The smallest absolute Gasteiger partial charge is 0.326 e. The maximum absolute atomic E-state index is 13.7. The molecule has 1 fully saturated rings. The summed E-state index contributed by atoms with van der Waals surface area (Å²) in [7, 11) is 0. The van der Waals surface area contributed by atoms with E-state index in [1.807, 2.05) is 28.8 Å². The van der Waals surface area contributed by atoms with Crippen LogP contribution in [-0.4, -0.2) is 59.9 Å². The quantitative estimate of drug-likeness (QED) is 0.247. The highest BCUT2D eigenvalue weighted by molar-refractivity contribution is 6.42. The molecule has 212 valence electrons. The van der Waals surface area contributed by atoms with E-state index >= 15 is 0 Å². The highest BCUT2D eigenvalue weighted by atomic mass is 35.5. The lowest BCUT2D eigenvalue weighted by atomic mass is 10.0. The first-order chi connectivity index (χ1) is 20.0. The molecule has 0 radical (unpaired) electrons. The van der Waals surface area contributed by atoms with E-state index in [1.165, 1.54) is 5.56 Å². The number of aromatic nitrogens is 2. The highest BCUT2D eigenvalue weighted by Gasteiger charge is 2.27. The Balaban J connectivity index is 1.27. The molecule has 0 unspecified atom stereocenters. The standard InChI is InChI=1S/C31H30Cl3N5O2/c32-26-6-3-21(16-27(26)33)2-1-10-37-11-8-28-25(20-37)24-5-4-23(38-12-14-41-15-13-38)18-29(24)39(28)31(40)36-19-22-7-9-35-30(34)17-22/h1-7,9,16-18H,8,10-15,19-20H2,(H,36,40)/b2-1+. The van der Waals surface area contributed by atoms with Crippen molar-refractivity contribution in [3.05, 3.63) is 98.4 Å². The van der Waals surface area contributed by atoms with Crippen LogP contribution in [0.4, 0.5) is 10.5 Å². The zero-order valence-corrected chi connectivity index (χ0v) is 24.7. The van der Waals surface area contributed by atoms with Crippen molar-refractivity contribution < 1.29 is 9.53 Å². The molecule has 0 bridgehead atoms. The molecule has 6 rings (SSSR count). The molecule has 0 saturated carbocycles. The molecule has 0 atom stereocenters. The minimum atomic E-state index is -0.142. The largest absolute Gasteiger partial charge is 0.378 e. The number of ether oxygens (including phenoxy) is 1. The molecule has 7 nitrogen and oxygen atoms in total. The lowest BCUT2D eigenvalue weighted by Gasteiger charge is -2.29. The molecule has 0 aliphatic carbocycles. The number of pyridine rings is 1. The first kappa shape index (κ1) is 28.1. The van der Waals surface area contributed by atoms with Crippen molar-refractivity contribution in [1.29, 1.82) is 0 Å². The topological polar surface area (TPSA) is 62.6 Å². The predicted octanol–water partition coefficient (Wildman–Crippen LogP) is 6.66. The maximum atomic E-state index is 13.7. The molecule has 0 spiro atoms. The molecule has 2 aromatic heterocycles. The van der Waals surface area contributed by atoms with Gasteiger partial charge in [-0.05, 0) is 53.1 Å². The minimum absolute atomic E-state index is 0.142. The van der Waals surface area contributed by atoms with Gasteiger partial charge in [0.1, 0.15) is 5.15 Å². The average molecular weight is 611 g/mol. The summed E-state index contributed by atoms with van der Waals surface area (Å²) in [5.74, 6) is 0. The third-order valence-corrected chi connectivity index (χ3v) is 8.59. The van der Waals surface area contributed by atoms with Gasteiger partial charge in [0, 0.05) is 68.7 Å². The van der Waals surface area contributed by atoms with E-state index in [9.17, 15) is 4.79 Å². The highest BCUT2D eigenvalue weighted by Crippen LogP contribution is 2.34. The van der Waals surface area contributed by atoms with Gasteiger partial charge in [0.05, 0.1) is 28.8 Å². The number of benzene rings is 2. The number of fused-ring (bicyclic) bond motifs is 3. The van der Waals surface area contributed by atoms with Crippen molar-refractivity contribution in [1.82, 2.24) is 19.8 Å². The van der Waals surface area contributed by atoms with E-state index in [0.29, 0.717) is 35.0 Å². The number of hydrogen-bond acceptors (Lipinski definition) is 5. The fourth-order valence-electron chi connectivity index (χ4n) is 5.57. The number of amides is 1. The van der Waals surface area contributed by atoms with Crippen LogP contribution in [0.25, 0.3) is 17.0 Å². The van der Waals surface area contributed by atoms with Crippen LogP contribution in [0.2, 0.25) is 15.2 Å². The number of rotatable bonds is 6. The number of carbonyl (C=O) groups excluding carboxylic acids is 1. The van der Waals surface area contributed by atoms with Crippen LogP contribution in [0.1, 0.15) is 22.4 Å². The van der Waals surface area contributed by atoms with Crippen molar-refractivity contribution in [2.24, 2.45) is 0 Å². The molecule has 10 heteroatoms. The summed E-state index contributed by atoms with van der Waals surface area (Å²) in [6, 6.07) is 15.6. The van der Waals surface area contributed by atoms with Crippen LogP contribution >= 0.6 is 34.8 Å². The molecule has 4 heterocycles. The number of halogens is 3. The van der Waals surface area contributed by atoms with Gasteiger partial charge in [0.2, 0.25) is 0 Å². The summed E-state index contributed by atoms with van der Waals surface area (Å²) in [6.45, 7) is 5.83. The van der Waals surface area contributed by atoms with E-state index in [4.69, 9.17) is 39.5 Å². The van der Waals surface area contributed by atoms with Crippen LogP contribution in [0.3, 0.4) is 0 Å². The first-order valence-electron chi connectivity index (χ1n) is 13.7. The normalized spacial score (nSPS) is 15.9. The molecule has 41 heavy (non-hydrogen) atoms. The van der Waals surface area contributed by atoms with Gasteiger partial charge in [-0.1, -0.05) is 59.1 Å². The van der Waals surface area contributed by atoms with Gasteiger partial charge in [-0.25, -0.2) is 9.78 Å².